The van der Waals surface area contributed by atoms with Crippen LogP contribution in [0.3, 0.4) is 0 Å². The summed E-state index contributed by atoms with van der Waals surface area (Å²) < 4.78 is 5.18. The van der Waals surface area contributed by atoms with E-state index in [0.717, 1.165) is 43.4 Å². The van der Waals surface area contributed by atoms with Crippen molar-refractivity contribution in [3.05, 3.63) is 29.8 Å². The maximum Gasteiger partial charge on any atom is 0.310 e. The average Bonchev–Trinajstić information content (AvgIpc) is 2.79. The topological polar surface area (TPSA) is 92.9 Å². The van der Waals surface area contributed by atoms with Crippen LogP contribution >= 0.6 is 0 Å². The lowest BCUT2D eigenvalue weighted by Gasteiger charge is -2.49. The summed E-state index contributed by atoms with van der Waals surface area (Å²) in [6.45, 7) is 2.52. The van der Waals surface area contributed by atoms with Gasteiger partial charge in [-0.15, -0.1) is 0 Å². The SMILES string of the molecule is CCC1CC(C(=O)O)(C2CCCCC2)CCN1C(=O)[C@H](N)Cc1ccc(OC)cc1. The molecule has 1 amide bonds. The molecular formula is C24H36N2O4. The van der Waals surface area contributed by atoms with Gasteiger partial charge in [-0.25, -0.2) is 0 Å². The summed E-state index contributed by atoms with van der Waals surface area (Å²) in [6, 6.07) is 6.91. The molecule has 0 aromatic heterocycles. The number of hydrogen-bond donors (Lipinski definition) is 2. The van der Waals surface area contributed by atoms with Crippen molar-refractivity contribution in [3.63, 3.8) is 0 Å². The summed E-state index contributed by atoms with van der Waals surface area (Å²) in [4.78, 5) is 27.4. The van der Waals surface area contributed by atoms with Crippen molar-refractivity contribution in [2.45, 2.75) is 76.8 Å². The van der Waals surface area contributed by atoms with E-state index in [1.165, 1.54) is 6.42 Å². The maximum absolute atomic E-state index is 13.2. The zero-order valence-corrected chi connectivity index (χ0v) is 18.3. The van der Waals surface area contributed by atoms with Gasteiger partial charge in [0, 0.05) is 12.6 Å². The number of carboxylic acid groups (broad SMARTS) is 1. The van der Waals surface area contributed by atoms with Gasteiger partial charge in [0.2, 0.25) is 5.91 Å². The highest BCUT2D eigenvalue weighted by molar-refractivity contribution is 5.83. The molecule has 1 heterocycles. The van der Waals surface area contributed by atoms with Gasteiger partial charge < -0.3 is 20.5 Å². The lowest BCUT2D eigenvalue weighted by atomic mass is 9.62. The van der Waals surface area contributed by atoms with E-state index in [1.54, 1.807) is 7.11 Å². The molecule has 1 aromatic carbocycles. The first-order valence-electron chi connectivity index (χ1n) is 11.3. The third-order valence-electron chi connectivity index (χ3n) is 7.34. The molecule has 166 valence electrons. The fourth-order valence-corrected chi connectivity index (χ4v) is 5.50. The number of aliphatic carboxylic acids is 1. The number of likely N-dealkylation sites (tertiary alicyclic amines) is 1. The van der Waals surface area contributed by atoms with Crippen molar-refractivity contribution in [2.24, 2.45) is 17.1 Å². The van der Waals surface area contributed by atoms with E-state index in [-0.39, 0.29) is 17.9 Å². The molecule has 1 saturated heterocycles. The molecule has 6 nitrogen and oxygen atoms in total. The second kappa shape index (κ2) is 9.82. The smallest absolute Gasteiger partial charge is 0.310 e. The van der Waals surface area contributed by atoms with Gasteiger partial charge in [-0.3, -0.25) is 9.59 Å². The molecule has 3 rings (SSSR count). The summed E-state index contributed by atoms with van der Waals surface area (Å²) in [5.74, 6) is 0.249. The van der Waals surface area contributed by atoms with E-state index < -0.39 is 17.4 Å². The second-order valence-corrected chi connectivity index (χ2v) is 9.00. The number of carbonyl (C=O) groups is 2. The van der Waals surface area contributed by atoms with Crippen LogP contribution in [0.5, 0.6) is 5.75 Å². The minimum absolute atomic E-state index is 0.0637. The van der Waals surface area contributed by atoms with Gasteiger partial charge in [0.05, 0.1) is 18.6 Å². The van der Waals surface area contributed by atoms with E-state index in [1.807, 2.05) is 36.1 Å². The first-order valence-corrected chi connectivity index (χ1v) is 11.3. The van der Waals surface area contributed by atoms with Crippen LogP contribution in [0, 0.1) is 11.3 Å². The van der Waals surface area contributed by atoms with E-state index in [2.05, 4.69) is 0 Å². The number of piperidine rings is 1. The first kappa shape index (κ1) is 22.6. The standard InChI is InChI=1S/C24H36N2O4/c1-3-19-16-24(23(28)29,18-7-5-4-6-8-18)13-14-26(19)22(27)21(25)15-17-9-11-20(30-2)12-10-17/h9-12,18-19,21H,3-8,13-16,25H2,1-2H3,(H,28,29)/t19?,21-,24?/m1/s1. The summed E-state index contributed by atoms with van der Waals surface area (Å²) >= 11 is 0. The Morgan fingerprint density at radius 2 is 1.90 bits per heavy atom. The van der Waals surface area contributed by atoms with Gasteiger partial charge in [0.15, 0.2) is 0 Å². The number of methoxy groups -OCH3 is 1. The largest absolute Gasteiger partial charge is 0.497 e. The Morgan fingerprint density at radius 1 is 1.23 bits per heavy atom. The Hall–Kier alpha value is -2.08. The molecule has 2 fully saturated rings. The van der Waals surface area contributed by atoms with Crippen LogP contribution in [0.1, 0.15) is 63.9 Å². The molecule has 1 aliphatic carbocycles. The predicted molar refractivity (Wildman–Crippen MR) is 116 cm³/mol. The van der Waals surface area contributed by atoms with Crippen LogP contribution in [0.15, 0.2) is 24.3 Å². The van der Waals surface area contributed by atoms with E-state index >= 15 is 0 Å². The zero-order valence-electron chi connectivity index (χ0n) is 18.3. The van der Waals surface area contributed by atoms with Crippen LogP contribution < -0.4 is 10.5 Å². The number of rotatable bonds is 7. The average molecular weight is 417 g/mol. The molecule has 1 aromatic rings. The monoisotopic (exact) mass is 416 g/mol. The normalized spacial score (nSPS) is 26.2. The third-order valence-corrected chi connectivity index (χ3v) is 7.34. The zero-order chi connectivity index (χ0) is 21.7. The number of benzene rings is 1. The Balaban J connectivity index is 1.70. The molecule has 6 heteroatoms. The molecule has 2 aliphatic rings. The van der Waals surface area contributed by atoms with Gasteiger partial charge in [-0.05, 0) is 62.1 Å². The van der Waals surface area contributed by atoms with Gasteiger partial charge in [0.25, 0.3) is 0 Å². The van der Waals surface area contributed by atoms with Gasteiger partial charge in [0.1, 0.15) is 5.75 Å². The predicted octanol–water partition coefficient (Wildman–Crippen LogP) is 3.62. The van der Waals surface area contributed by atoms with Crippen molar-refractivity contribution in [3.8, 4) is 5.75 Å². The fourth-order valence-electron chi connectivity index (χ4n) is 5.50. The number of carbonyl (C=O) groups excluding carboxylic acids is 1. The molecule has 30 heavy (non-hydrogen) atoms. The number of ether oxygens (including phenoxy) is 1. The van der Waals surface area contributed by atoms with Crippen molar-refractivity contribution in [1.29, 1.82) is 0 Å². The van der Waals surface area contributed by atoms with Crippen molar-refractivity contribution >= 4 is 11.9 Å². The van der Waals surface area contributed by atoms with Gasteiger partial charge in [-0.2, -0.15) is 0 Å². The summed E-state index contributed by atoms with van der Waals surface area (Å²) in [5, 5.41) is 10.2. The molecule has 2 unspecified atom stereocenters. The van der Waals surface area contributed by atoms with Crippen LogP contribution in [0.2, 0.25) is 0 Å². The fraction of sp³-hybridized carbons (Fsp3) is 0.667. The number of nitrogens with two attached hydrogens (primary N) is 1. The van der Waals surface area contributed by atoms with Crippen molar-refractivity contribution < 1.29 is 19.4 Å². The minimum Gasteiger partial charge on any atom is -0.497 e. The lowest BCUT2D eigenvalue weighted by Crippen LogP contribution is -2.58. The first-order chi connectivity index (χ1) is 14.4. The van der Waals surface area contributed by atoms with Crippen LogP contribution in [0.25, 0.3) is 0 Å². The molecule has 3 N–H and O–H groups in total. The Bertz CT molecular complexity index is 729. The minimum atomic E-state index is -0.696. The summed E-state index contributed by atoms with van der Waals surface area (Å²) in [7, 11) is 1.62. The number of amides is 1. The van der Waals surface area contributed by atoms with E-state index in [4.69, 9.17) is 10.5 Å². The van der Waals surface area contributed by atoms with Gasteiger partial charge in [-0.1, -0.05) is 38.3 Å². The highest BCUT2D eigenvalue weighted by atomic mass is 16.5. The second-order valence-electron chi connectivity index (χ2n) is 9.00. The molecule has 3 atom stereocenters. The highest BCUT2D eigenvalue weighted by Gasteiger charge is 2.51. The van der Waals surface area contributed by atoms with Crippen molar-refractivity contribution in [1.82, 2.24) is 4.90 Å². The molecule has 0 radical (unpaired) electrons. The van der Waals surface area contributed by atoms with Crippen LogP contribution in [-0.2, 0) is 16.0 Å². The Labute approximate surface area is 179 Å². The lowest BCUT2D eigenvalue weighted by molar-refractivity contribution is -0.163. The van der Waals surface area contributed by atoms with Gasteiger partial charge >= 0.3 is 5.97 Å². The third kappa shape index (κ3) is 4.64. The number of nitrogens with zero attached hydrogens (tertiary/aromatic N) is 1. The quantitative estimate of drug-likeness (QED) is 0.708. The number of carboxylic acids is 1. The van der Waals surface area contributed by atoms with E-state index in [9.17, 15) is 14.7 Å². The number of hydrogen-bond acceptors (Lipinski definition) is 4. The molecule has 0 bridgehead atoms. The summed E-state index contributed by atoms with van der Waals surface area (Å²) in [5.41, 5.74) is 6.59. The Kier molecular flexibility index (Phi) is 7.40. The van der Waals surface area contributed by atoms with Crippen LogP contribution in [0.4, 0.5) is 0 Å². The highest BCUT2D eigenvalue weighted by Crippen LogP contribution is 2.48. The molecule has 1 saturated carbocycles. The van der Waals surface area contributed by atoms with E-state index in [0.29, 0.717) is 25.8 Å². The molecule has 1 aliphatic heterocycles. The maximum atomic E-state index is 13.2. The van der Waals surface area contributed by atoms with Crippen LogP contribution in [-0.4, -0.2) is 47.6 Å². The molecule has 0 spiro atoms. The Morgan fingerprint density at radius 3 is 2.47 bits per heavy atom. The van der Waals surface area contributed by atoms with Crippen molar-refractivity contribution in [2.75, 3.05) is 13.7 Å². The summed E-state index contributed by atoms with van der Waals surface area (Å²) in [6.07, 6.45) is 7.72. The molecular weight excluding hydrogens is 380 g/mol.